The molecule has 2 aromatic rings. The van der Waals surface area contributed by atoms with Gasteiger partial charge in [-0.1, -0.05) is 48.6 Å². The van der Waals surface area contributed by atoms with Gasteiger partial charge < -0.3 is 14.7 Å². The predicted molar refractivity (Wildman–Crippen MR) is 102 cm³/mol. The molecule has 0 radical (unpaired) electrons. The van der Waals surface area contributed by atoms with E-state index in [2.05, 4.69) is 0 Å². The third-order valence-electron chi connectivity index (χ3n) is 4.53. The maximum absolute atomic E-state index is 13.0. The van der Waals surface area contributed by atoms with Crippen LogP contribution in [0, 0.1) is 0 Å². The van der Waals surface area contributed by atoms with Gasteiger partial charge in [0.25, 0.3) is 0 Å². The summed E-state index contributed by atoms with van der Waals surface area (Å²) in [4.78, 5) is 26.2. The number of benzene rings is 2. The molecule has 0 atom stereocenters. The fourth-order valence-corrected chi connectivity index (χ4v) is 3.43. The van der Waals surface area contributed by atoms with E-state index >= 15 is 0 Å². The van der Waals surface area contributed by atoms with Gasteiger partial charge in [-0.05, 0) is 36.3 Å². The summed E-state index contributed by atoms with van der Waals surface area (Å²) in [6.45, 7) is -0.179. The Morgan fingerprint density at radius 3 is 2.56 bits per heavy atom. The second-order valence-corrected chi connectivity index (χ2v) is 6.24. The smallest absolute Gasteiger partial charge is 0.344 e. The lowest BCUT2D eigenvalue weighted by Crippen LogP contribution is -2.35. The van der Waals surface area contributed by atoms with Crippen molar-refractivity contribution in [2.75, 3.05) is 11.4 Å². The monoisotopic (exact) mass is 359 g/mol. The van der Waals surface area contributed by atoms with Crippen molar-refractivity contribution in [1.29, 1.82) is 0 Å². The fourth-order valence-electron chi connectivity index (χ4n) is 3.43. The van der Waals surface area contributed by atoms with E-state index in [9.17, 15) is 14.7 Å². The van der Waals surface area contributed by atoms with Crippen molar-refractivity contribution in [1.82, 2.24) is 0 Å². The number of carbonyl (C=O) groups is 2. The lowest BCUT2D eigenvalue weighted by molar-refractivity contribution is -0.135. The number of esters is 1. The van der Waals surface area contributed by atoms with Gasteiger partial charge in [-0.25, -0.2) is 4.79 Å². The number of carboxylic acid groups (broad SMARTS) is 1. The number of aliphatic carboxylic acids is 1. The maximum atomic E-state index is 13.0. The van der Waals surface area contributed by atoms with Gasteiger partial charge in [0.05, 0.1) is 5.57 Å². The number of hydrogen-bond acceptors (Lipinski definition) is 4. The highest BCUT2D eigenvalue weighted by atomic mass is 16.5. The number of allylic oxidation sites excluding steroid dienone is 4. The Kier molecular flexibility index (Phi) is 4.34. The molecule has 5 nitrogen and oxygen atoms in total. The first-order valence-electron chi connectivity index (χ1n) is 8.61. The first-order chi connectivity index (χ1) is 13.1. The van der Waals surface area contributed by atoms with Crippen molar-refractivity contribution in [3.63, 3.8) is 0 Å². The Labute approximate surface area is 156 Å². The van der Waals surface area contributed by atoms with Crippen molar-refractivity contribution >= 4 is 23.2 Å². The standard InChI is InChI=1S/C22H17NO4/c24-20(25)14-23-18-12-6-4-10-16(18)21(17-11-5-7-13-19(17)23)22(26)27-15-8-2-1-3-9-15/h1-10,12-13H,11,14H2,(H,24,25). The van der Waals surface area contributed by atoms with Crippen molar-refractivity contribution in [2.24, 2.45) is 0 Å². The van der Waals surface area contributed by atoms with E-state index in [-0.39, 0.29) is 6.54 Å². The molecule has 27 heavy (non-hydrogen) atoms. The van der Waals surface area contributed by atoms with E-state index in [0.717, 1.165) is 11.3 Å². The Bertz CT molecular complexity index is 1000. The van der Waals surface area contributed by atoms with Crippen LogP contribution in [0.3, 0.4) is 0 Å². The summed E-state index contributed by atoms with van der Waals surface area (Å²) in [6, 6.07) is 16.2. The van der Waals surface area contributed by atoms with Gasteiger partial charge >= 0.3 is 11.9 Å². The van der Waals surface area contributed by atoms with Gasteiger partial charge in [0.1, 0.15) is 12.3 Å². The number of ether oxygens (including phenoxy) is 1. The number of fused-ring (bicyclic) bond motifs is 2. The topological polar surface area (TPSA) is 66.8 Å². The highest BCUT2D eigenvalue weighted by Gasteiger charge is 2.33. The summed E-state index contributed by atoms with van der Waals surface area (Å²) in [5.74, 6) is -0.910. The summed E-state index contributed by atoms with van der Waals surface area (Å²) < 4.78 is 5.59. The van der Waals surface area contributed by atoms with Crippen LogP contribution >= 0.6 is 0 Å². The Hall–Kier alpha value is -3.60. The van der Waals surface area contributed by atoms with Crippen LogP contribution in [0.2, 0.25) is 0 Å². The van der Waals surface area contributed by atoms with Crippen LogP contribution in [-0.2, 0) is 9.59 Å². The lowest BCUT2D eigenvalue weighted by atomic mass is 9.87. The predicted octanol–water partition coefficient (Wildman–Crippen LogP) is 3.79. The summed E-state index contributed by atoms with van der Waals surface area (Å²) in [6.07, 6.45) is 6.20. The van der Waals surface area contributed by atoms with Crippen molar-refractivity contribution in [3.8, 4) is 5.75 Å². The molecule has 1 heterocycles. The summed E-state index contributed by atoms with van der Waals surface area (Å²) in [7, 11) is 0. The molecule has 5 heteroatoms. The van der Waals surface area contributed by atoms with Gasteiger partial charge in [0.15, 0.2) is 0 Å². The highest BCUT2D eigenvalue weighted by molar-refractivity contribution is 6.22. The molecule has 2 aliphatic rings. The molecule has 0 bridgehead atoms. The average Bonchev–Trinajstić information content (AvgIpc) is 2.68. The third kappa shape index (κ3) is 3.15. The van der Waals surface area contributed by atoms with Crippen molar-refractivity contribution < 1.29 is 19.4 Å². The first kappa shape index (κ1) is 16.8. The number of carboxylic acids is 1. The molecule has 2 aromatic carbocycles. The Balaban J connectivity index is 1.83. The van der Waals surface area contributed by atoms with E-state index < -0.39 is 11.9 Å². The van der Waals surface area contributed by atoms with Crippen LogP contribution in [0.25, 0.3) is 5.57 Å². The van der Waals surface area contributed by atoms with Crippen LogP contribution in [0.15, 0.2) is 84.1 Å². The molecule has 134 valence electrons. The molecular weight excluding hydrogens is 342 g/mol. The SMILES string of the molecule is O=C(O)CN1C2=CC=CCC2=C(C(=O)Oc2ccccc2)c2ccccc21. The summed E-state index contributed by atoms with van der Waals surface area (Å²) in [5.41, 5.74) is 3.34. The summed E-state index contributed by atoms with van der Waals surface area (Å²) >= 11 is 0. The molecule has 1 N–H and O–H groups in total. The number of nitrogens with zero attached hydrogens (tertiary/aromatic N) is 1. The molecule has 1 aliphatic carbocycles. The fraction of sp³-hybridized carbons (Fsp3) is 0.0909. The lowest BCUT2D eigenvalue weighted by Gasteiger charge is -2.35. The van der Waals surface area contributed by atoms with Gasteiger partial charge in [-0.2, -0.15) is 0 Å². The average molecular weight is 359 g/mol. The van der Waals surface area contributed by atoms with Gasteiger partial charge in [-0.3, -0.25) is 4.79 Å². The molecule has 4 rings (SSSR count). The van der Waals surface area contributed by atoms with E-state index in [1.54, 1.807) is 29.2 Å². The van der Waals surface area contributed by atoms with Crippen LogP contribution in [-0.4, -0.2) is 23.6 Å². The zero-order valence-corrected chi connectivity index (χ0v) is 14.5. The zero-order chi connectivity index (χ0) is 18.8. The van der Waals surface area contributed by atoms with Crippen molar-refractivity contribution in [2.45, 2.75) is 6.42 Å². The first-order valence-corrected chi connectivity index (χ1v) is 8.61. The van der Waals surface area contributed by atoms with Gasteiger partial charge in [0, 0.05) is 16.9 Å². The largest absolute Gasteiger partial charge is 0.480 e. The van der Waals surface area contributed by atoms with Gasteiger partial charge in [-0.15, -0.1) is 0 Å². The highest BCUT2D eigenvalue weighted by Crippen LogP contribution is 2.43. The molecule has 1 aliphatic heterocycles. The van der Waals surface area contributed by atoms with Crippen LogP contribution in [0.1, 0.15) is 12.0 Å². The minimum atomic E-state index is -0.935. The quantitative estimate of drug-likeness (QED) is 0.664. The molecule has 0 aromatic heterocycles. The van der Waals surface area contributed by atoms with Crippen LogP contribution in [0.5, 0.6) is 5.75 Å². The molecule has 0 amide bonds. The second-order valence-electron chi connectivity index (χ2n) is 6.24. The van der Waals surface area contributed by atoms with E-state index in [4.69, 9.17) is 4.74 Å². The van der Waals surface area contributed by atoms with Gasteiger partial charge in [0.2, 0.25) is 0 Å². The molecule has 0 spiro atoms. The third-order valence-corrected chi connectivity index (χ3v) is 4.53. The number of rotatable bonds is 4. The number of anilines is 1. The molecule has 0 saturated heterocycles. The number of para-hydroxylation sites is 2. The molecule has 0 fully saturated rings. The zero-order valence-electron chi connectivity index (χ0n) is 14.5. The van der Waals surface area contributed by atoms with E-state index in [0.29, 0.717) is 29.0 Å². The Morgan fingerprint density at radius 1 is 1.04 bits per heavy atom. The molecule has 0 unspecified atom stereocenters. The second kappa shape index (κ2) is 6.96. The minimum absolute atomic E-state index is 0.179. The van der Waals surface area contributed by atoms with Crippen LogP contribution in [0.4, 0.5) is 5.69 Å². The number of hydrogen-bond donors (Lipinski definition) is 1. The summed E-state index contributed by atoms with van der Waals surface area (Å²) in [5, 5.41) is 9.36. The minimum Gasteiger partial charge on any atom is -0.480 e. The molecule has 0 saturated carbocycles. The van der Waals surface area contributed by atoms with E-state index in [1.807, 2.05) is 48.6 Å². The molecular formula is C22H17NO4. The normalized spacial score (nSPS) is 15.0. The van der Waals surface area contributed by atoms with Crippen molar-refractivity contribution in [3.05, 3.63) is 89.7 Å². The Morgan fingerprint density at radius 2 is 1.78 bits per heavy atom. The number of carbonyl (C=O) groups excluding carboxylic acids is 1. The van der Waals surface area contributed by atoms with E-state index in [1.165, 1.54) is 0 Å². The maximum Gasteiger partial charge on any atom is 0.344 e. The van der Waals surface area contributed by atoms with Crippen LogP contribution < -0.4 is 9.64 Å².